The van der Waals surface area contributed by atoms with Crippen molar-refractivity contribution in [2.24, 2.45) is 0 Å². The molecular weight excluding hydrogens is 340 g/mol. The van der Waals surface area contributed by atoms with Gasteiger partial charge in [0.2, 0.25) is 15.9 Å². The number of carbonyl (C=O) groups excluding carboxylic acids is 1. The lowest BCUT2D eigenvalue weighted by Crippen LogP contribution is -2.33. The molecule has 0 bridgehead atoms. The van der Waals surface area contributed by atoms with Gasteiger partial charge in [0.1, 0.15) is 5.75 Å². The second-order valence-electron chi connectivity index (χ2n) is 5.54. The molecule has 2 aromatic carbocycles. The van der Waals surface area contributed by atoms with Crippen molar-refractivity contribution >= 4 is 21.6 Å². The Morgan fingerprint density at radius 3 is 2.44 bits per heavy atom. The smallest absolute Gasteiger partial charge is 0.239 e. The summed E-state index contributed by atoms with van der Waals surface area (Å²) in [7, 11) is -3.66. The molecule has 2 rings (SSSR count). The van der Waals surface area contributed by atoms with E-state index in [0.717, 1.165) is 5.56 Å². The van der Waals surface area contributed by atoms with E-state index in [1.807, 2.05) is 26.0 Å². The normalized spacial score (nSPS) is 11.1. The van der Waals surface area contributed by atoms with Crippen LogP contribution in [0.3, 0.4) is 0 Å². The van der Waals surface area contributed by atoms with Crippen molar-refractivity contribution in [2.45, 2.75) is 19.6 Å². The van der Waals surface area contributed by atoms with Crippen LogP contribution in [0.2, 0.25) is 0 Å². The molecule has 0 aliphatic heterocycles. The van der Waals surface area contributed by atoms with Crippen molar-refractivity contribution in [3.05, 3.63) is 59.7 Å². The van der Waals surface area contributed by atoms with Gasteiger partial charge in [-0.1, -0.05) is 35.9 Å². The lowest BCUT2D eigenvalue weighted by Gasteiger charge is -2.11. The fourth-order valence-corrected chi connectivity index (χ4v) is 3.29. The molecule has 2 aromatic rings. The molecule has 0 aromatic heterocycles. The van der Waals surface area contributed by atoms with E-state index < -0.39 is 15.9 Å². The van der Waals surface area contributed by atoms with E-state index in [4.69, 9.17) is 4.74 Å². The van der Waals surface area contributed by atoms with Crippen LogP contribution < -0.4 is 14.8 Å². The van der Waals surface area contributed by atoms with Gasteiger partial charge < -0.3 is 10.1 Å². The molecule has 0 atom stereocenters. The van der Waals surface area contributed by atoms with Gasteiger partial charge in [-0.15, -0.1) is 0 Å². The molecule has 0 spiro atoms. The maximum atomic E-state index is 12.2. The van der Waals surface area contributed by atoms with Crippen LogP contribution in [0.25, 0.3) is 0 Å². The zero-order chi connectivity index (χ0) is 18.3. The Bertz CT molecular complexity index is 817. The van der Waals surface area contributed by atoms with E-state index in [-0.39, 0.29) is 12.3 Å². The van der Waals surface area contributed by atoms with E-state index in [1.54, 1.807) is 36.4 Å². The minimum atomic E-state index is -3.66. The van der Waals surface area contributed by atoms with E-state index in [0.29, 0.717) is 23.6 Å². The number of para-hydroxylation sites is 1. The van der Waals surface area contributed by atoms with Gasteiger partial charge in [-0.3, -0.25) is 4.79 Å². The summed E-state index contributed by atoms with van der Waals surface area (Å²) in [5.41, 5.74) is 2.25. The Morgan fingerprint density at radius 1 is 1.08 bits per heavy atom. The first-order valence-corrected chi connectivity index (χ1v) is 9.59. The number of anilines is 1. The molecule has 0 saturated heterocycles. The number of carbonyl (C=O) groups is 1. The molecule has 6 nitrogen and oxygen atoms in total. The van der Waals surface area contributed by atoms with Crippen LogP contribution in [-0.2, 0) is 20.6 Å². The van der Waals surface area contributed by atoms with Crippen molar-refractivity contribution in [1.82, 2.24) is 4.72 Å². The van der Waals surface area contributed by atoms with Crippen LogP contribution in [0.1, 0.15) is 18.1 Å². The fourth-order valence-electron chi connectivity index (χ4n) is 2.19. The highest BCUT2D eigenvalue weighted by Crippen LogP contribution is 2.20. The van der Waals surface area contributed by atoms with Crippen molar-refractivity contribution in [3.8, 4) is 5.75 Å². The molecule has 134 valence electrons. The molecule has 0 fully saturated rings. The van der Waals surface area contributed by atoms with Crippen molar-refractivity contribution in [3.63, 3.8) is 0 Å². The minimum Gasteiger partial charge on any atom is -0.494 e. The van der Waals surface area contributed by atoms with Gasteiger partial charge in [0.15, 0.2) is 0 Å². The predicted molar refractivity (Wildman–Crippen MR) is 98.0 cm³/mol. The van der Waals surface area contributed by atoms with Gasteiger partial charge in [-0.2, -0.15) is 0 Å². The third kappa shape index (κ3) is 6.21. The van der Waals surface area contributed by atoms with Gasteiger partial charge in [0, 0.05) is 11.3 Å². The number of ether oxygens (including phenoxy) is 1. The predicted octanol–water partition coefficient (Wildman–Crippen LogP) is 2.45. The molecule has 0 aliphatic carbocycles. The number of hydrogen-bond donors (Lipinski definition) is 2. The second kappa shape index (κ2) is 8.64. The highest BCUT2D eigenvalue weighted by molar-refractivity contribution is 7.88. The summed E-state index contributed by atoms with van der Waals surface area (Å²) >= 11 is 0. The number of hydrogen-bond acceptors (Lipinski definition) is 4. The quantitative estimate of drug-likeness (QED) is 0.755. The Labute approximate surface area is 148 Å². The second-order valence-corrected chi connectivity index (χ2v) is 7.34. The lowest BCUT2D eigenvalue weighted by molar-refractivity contribution is -0.115. The van der Waals surface area contributed by atoms with Crippen LogP contribution in [0.4, 0.5) is 5.69 Å². The molecule has 0 saturated carbocycles. The van der Waals surface area contributed by atoms with Crippen molar-refractivity contribution in [2.75, 3.05) is 18.5 Å². The summed E-state index contributed by atoms with van der Waals surface area (Å²) in [6.45, 7) is 3.90. The van der Waals surface area contributed by atoms with Crippen LogP contribution in [0, 0.1) is 6.92 Å². The summed E-state index contributed by atoms with van der Waals surface area (Å²) in [4.78, 5) is 11.9. The largest absolute Gasteiger partial charge is 0.494 e. The molecule has 25 heavy (non-hydrogen) atoms. The van der Waals surface area contributed by atoms with Gasteiger partial charge in [-0.05, 0) is 32.0 Å². The van der Waals surface area contributed by atoms with Gasteiger partial charge in [0.05, 0.1) is 18.9 Å². The number of sulfonamides is 1. The van der Waals surface area contributed by atoms with Crippen LogP contribution in [-0.4, -0.2) is 27.5 Å². The van der Waals surface area contributed by atoms with Gasteiger partial charge >= 0.3 is 0 Å². The van der Waals surface area contributed by atoms with E-state index >= 15 is 0 Å². The van der Waals surface area contributed by atoms with E-state index in [2.05, 4.69) is 10.0 Å². The topological polar surface area (TPSA) is 84.5 Å². The summed E-state index contributed by atoms with van der Waals surface area (Å²) in [5, 5.41) is 2.65. The SMILES string of the molecule is CCOc1ccccc1CS(=O)(=O)NCC(=O)Nc1ccc(C)cc1. The first-order valence-electron chi connectivity index (χ1n) is 7.94. The summed E-state index contributed by atoms with van der Waals surface area (Å²) in [5.74, 6) is -0.147. The third-order valence-corrected chi connectivity index (χ3v) is 4.68. The average molecular weight is 362 g/mol. The highest BCUT2D eigenvalue weighted by Gasteiger charge is 2.16. The highest BCUT2D eigenvalue weighted by atomic mass is 32.2. The number of amides is 1. The van der Waals surface area contributed by atoms with Crippen LogP contribution in [0.15, 0.2) is 48.5 Å². The molecule has 7 heteroatoms. The van der Waals surface area contributed by atoms with Gasteiger partial charge in [-0.25, -0.2) is 13.1 Å². The molecule has 0 unspecified atom stereocenters. The van der Waals surface area contributed by atoms with Crippen molar-refractivity contribution < 1.29 is 17.9 Å². The molecule has 0 heterocycles. The molecule has 0 aliphatic rings. The van der Waals surface area contributed by atoms with Gasteiger partial charge in [0.25, 0.3) is 0 Å². The maximum Gasteiger partial charge on any atom is 0.239 e. The summed E-state index contributed by atoms with van der Waals surface area (Å²) in [6.07, 6.45) is 0. The average Bonchev–Trinajstić information content (AvgIpc) is 2.57. The maximum absolute atomic E-state index is 12.2. The lowest BCUT2D eigenvalue weighted by atomic mass is 10.2. The first kappa shape index (κ1) is 19.0. The summed E-state index contributed by atoms with van der Waals surface area (Å²) < 4.78 is 32.2. The first-order chi connectivity index (χ1) is 11.9. The Hall–Kier alpha value is -2.38. The minimum absolute atomic E-state index is 0.249. The zero-order valence-electron chi connectivity index (χ0n) is 14.3. The fraction of sp³-hybridized carbons (Fsp3) is 0.278. The standard InChI is InChI=1S/C18H22N2O4S/c1-3-24-17-7-5-4-6-15(17)13-25(22,23)19-12-18(21)20-16-10-8-14(2)9-11-16/h4-11,19H,3,12-13H2,1-2H3,(H,20,21). The Kier molecular flexibility index (Phi) is 6.55. The number of nitrogens with one attached hydrogen (secondary N) is 2. The Balaban J connectivity index is 1.93. The van der Waals surface area contributed by atoms with Crippen LogP contribution in [0.5, 0.6) is 5.75 Å². The zero-order valence-corrected chi connectivity index (χ0v) is 15.1. The van der Waals surface area contributed by atoms with E-state index in [9.17, 15) is 13.2 Å². The molecule has 2 N–H and O–H groups in total. The molecule has 0 radical (unpaired) electrons. The third-order valence-electron chi connectivity index (χ3n) is 3.41. The van der Waals surface area contributed by atoms with Crippen LogP contribution >= 0.6 is 0 Å². The van der Waals surface area contributed by atoms with Crippen molar-refractivity contribution in [1.29, 1.82) is 0 Å². The Morgan fingerprint density at radius 2 is 1.76 bits per heavy atom. The van der Waals surface area contributed by atoms with E-state index in [1.165, 1.54) is 0 Å². The number of rotatable bonds is 8. The monoisotopic (exact) mass is 362 g/mol. The number of aryl methyl sites for hydroxylation is 1. The summed E-state index contributed by atoms with van der Waals surface area (Å²) in [6, 6.07) is 14.2. The number of benzene rings is 2. The molecular formula is C18H22N2O4S. The molecule has 1 amide bonds.